The summed E-state index contributed by atoms with van der Waals surface area (Å²) in [7, 11) is 8.76. The summed E-state index contributed by atoms with van der Waals surface area (Å²) in [4.78, 5) is 83.1. The van der Waals surface area contributed by atoms with Gasteiger partial charge in [0.1, 0.15) is 40.3 Å². The minimum absolute atomic E-state index is 0. The fourth-order valence-corrected chi connectivity index (χ4v) is 22.2. The number of benzene rings is 3. The van der Waals surface area contributed by atoms with Gasteiger partial charge in [-0.25, -0.2) is 9.59 Å². The molecule has 1 unspecified atom stereocenters. The zero-order valence-electron chi connectivity index (χ0n) is 66.1. The van der Waals surface area contributed by atoms with Crippen LogP contribution >= 0.6 is 0 Å². The number of H-pyrrole nitrogens is 1. The molecule has 3 aromatic carbocycles. The second kappa shape index (κ2) is 38.5. The lowest BCUT2D eigenvalue weighted by Gasteiger charge is -2.64. The van der Waals surface area contributed by atoms with Gasteiger partial charge in [-0.15, -0.1) is 0 Å². The van der Waals surface area contributed by atoms with Gasteiger partial charge in [-0.1, -0.05) is 128 Å². The van der Waals surface area contributed by atoms with Gasteiger partial charge in [0.2, 0.25) is 0 Å². The molecule has 1 aromatic heterocycles. The fourth-order valence-electron chi connectivity index (χ4n) is 22.2. The number of aromatic nitrogens is 1. The summed E-state index contributed by atoms with van der Waals surface area (Å²) < 4.78 is 106. The van der Waals surface area contributed by atoms with Crippen LogP contribution in [-0.4, -0.2) is 215 Å². The molecule has 630 valence electrons. The summed E-state index contributed by atoms with van der Waals surface area (Å²) >= 11 is 0. The van der Waals surface area contributed by atoms with Crippen molar-refractivity contribution in [1.29, 1.82) is 0 Å². The van der Waals surface area contributed by atoms with E-state index in [-0.39, 0.29) is 55.8 Å². The van der Waals surface area contributed by atoms with Crippen LogP contribution in [0, 0.1) is 16.7 Å². The van der Waals surface area contributed by atoms with Crippen LogP contribution in [0.4, 0.5) is 62.3 Å². The molecule has 2 bridgehead atoms. The van der Waals surface area contributed by atoms with E-state index in [9.17, 15) is 29.4 Å². The topological polar surface area (TPSA) is 246 Å². The number of amides is 2. The van der Waals surface area contributed by atoms with Gasteiger partial charge in [0.15, 0.2) is 0 Å². The molecular weight excluding hydrogens is 1490 g/mol. The molecule has 2 saturated carbocycles. The Bertz CT molecular complexity index is 4030. The molecule has 113 heavy (non-hydrogen) atoms. The minimum atomic E-state index is -1.81. The molecule has 0 radical (unpaired) electrons. The van der Waals surface area contributed by atoms with Crippen molar-refractivity contribution < 1.29 is 109 Å². The van der Waals surface area contributed by atoms with E-state index in [0.29, 0.717) is 50.1 Å². The van der Waals surface area contributed by atoms with Crippen molar-refractivity contribution in [2.24, 2.45) is 16.7 Å². The van der Waals surface area contributed by atoms with Crippen LogP contribution in [0.3, 0.4) is 0 Å². The zero-order valence-corrected chi connectivity index (χ0v) is 66.1. The quantitative estimate of drug-likeness (QED) is 0.0171. The van der Waals surface area contributed by atoms with Crippen LogP contribution in [0.25, 0.3) is 10.9 Å². The van der Waals surface area contributed by atoms with Crippen LogP contribution in [0.5, 0.6) is 11.5 Å². The highest BCUT2D eigenvalue weighted by Gasteiger charge is 2.80. The number of rotatable bonds is 21. The Morgan fingerprint density at radius 2 is 1.14 bits per heavy atom. The highest BCUT2D eigenvalue weighted by atomic mass is 20.0. The van der Waals surface area contributed by atoms with E-state index in [2.05, 4.69) is 135 Å². The number of alkyl carbamates (subject to hydrolysis) is 2. The van der Waals surface area contributed by atoms with Gasteiger partial charge in [-0.3, -0.25) is 33.8 Å². The molecule has 2 spiro atoms. The number of aliphatic hydroxyl groups is 2. The smallest absolute Gasteiger partial charge is 0.407 e. The SMILES string of the molecule is C.CCCCCOC(=O)NC[C@@]1(O)[C@H](OC(C)=O)[C@]2(CC)C=CCN3CC[C@@]4(c5cc([C@@]6(C(=O)OC)C[C@@H]7C=C(CC)CN(CCc8c6[nH]c6ccccc86)C7)c(OC)cc5N(C)[C@@H]14)[C@@H]32.CCCCCOC(=O)NC[C@@]1(O)[C@H](OC(C)=O)[C@]2(CC)C=CCN3CC[C@@]4(c5ccc(OC)cc5N(C)[C@@H]14)[C@@H]32.F.FF.FF.FF.FF. The summed E-state index contributed by atoms with van der Waals surface area (Å²) in [6.45, 7) is 19.3. The maximum atomic E-state index is 15.4. The number of halogens is 9. The molecule has 2 saturated heterocycles. The predicted molar refractivity (Wildman–Crippen MR) is 412 cm³/mol. The van der Waals surface area contributed by atoms with E-state index in [1.807, 2.05) is 38.4 Å². The minimum Gasteiger partial charge on any atom is -0.497 e. The van der Waals surface area contributed by atoms with Crippen molar-refractivity contribution in [3.8, 4) is 11.5 Å². The third kappa shape index (κ3) is 15.4. The molecule has 14 rings (SSSR count). The molecule has 15 atom stereocenters. The first-order valence-electron chi connectivity index (χ1n) is 38.5. The van der Waals surface area contributed by atoms with Gasteiger partial charge in [-0.05, 0) is 112 Å². The Balaban J connectivity index is 0.000000310. The van der Waals surface area contributed by atoms with Crippen molar-refractivity contribution >= 4 is 52.4 Å². The van der Waals surface area contributed by atoms with Gasteiger partial charge in [0.25, 0.3) is 0 Å². The largest absolute Gasteiger partial charge is 0.497 e. The number of carbonyl (C=O) groups is 5. The van der Waals surface area contributed by atoms with E-state index >= 15 is 4.79 Å². The lowest BCUT2D eigenvalue weighted by molar-refractivity contribution is -0.217. The fraction of sp³-hybridized carbons (Fsp3) is 0.622. The Morgan fingerprint density at radius 1 is 0.628 bits per heavy atom. The molecule has 5 N–H and O–H groups in total. The first-order valence-corrected chi connectivity index (χ1v) is 38.5. The van der Waals surface area contributed by atoms with Gasteiger partial charge in [-0.2, -0.15) is 0 Å². The summed E-state index contributed by atoms with van der Waals surface area (Å²) in [5.74, 6) is -0.0164. The number of ether oxygens (including phenoxy) is 7. The number of hydrogen-bond acceptors (Lipinski definition) is 19. The van der Waals surface area contributed by atoms with Crippen molar-refractivity contribution in [2.45, 2.75) is 203 Å². The maximum absolute atomic E-state index is 15.4. The third-order valence-electron chi connectivity index (χ3n) is 25.9. The number of methoxy groups -OCH3 is 3. The number of esters is 3. The number of likely N-dealkylation sites (N-methyl/N-ethyl adjacent to an activating group) is 2. The number of anilines is 2. The number of carbonyl (C=O) groups excluding carboxylic acids is 5. The van der Waals surface area contributed by atoms with Gasteiger partial charge >= 0.3 is 30.1 Å². The van der Waals surface area contributed by atoms with E-state index in [1.165, 1.54) is 32.1 Å². The Kier molecular flexibility index (Phi) is 31.3. The number of unbranched alkanes of at least 4 members (excludes halogenated alkanes) is 4. The van der Waals surface area contributed by atoms with E-state index in [1.54, 1.807) is 14.2 Å². The molecule has 4 fully saturated rings. The molecule has 9 heterocycles. The Labute approximate surface area is 656 Å². The van der Waals surface area contributed by atoms with Crippen LogP contribution in [-0.2, 0) is 60.7 Å². The average Bonchev–Trinajstić information content (AvgIpc) is 1.50. The maximum Gasteiger partial charge on any atom is 0.407 e. The first-order chi connectivity index (χ1) is 53.5. The van der Waals surface area contributed by atoms with Crippen molar-refractivity contribution in [3.63, 3.8) is 0 Å². The lowest BCUT2D eigenvalue weighted by atomic mass is 9.47. The number of nitrogens with one attached hydrogen (secondary N) is 3. The summed E-state index contributed by atoms with van der Waals surface area (Å²) in [6.07, 6.45) is 18.2. The normalized spacial score (nSPS) is 30.4. The molecule has 4 aromatic rings. The molecule has 22 nitrogen and oxygen atoms in total. The van der Waals surface area contributed by atoms with E-state index in [0.717, 1.165) is 142 Å². The average molecular weight is 1610 g/mol. The van der Waals surface area contributed by atoms with Crippen LogP contribution in [0.2, 0.25) is 0 Å². The standard InChI is InChI=1S/C51H67N5O8.C30H43N3O6.CH4.4F2.FH/c1-8-11-14-24-63-47(59)52-31-51(60)44-49(20-23-56-21-15-19-48(10-3,43(49)56)45(51)64-32(4)57)37-26-38(41(61-6)27-40(37)54(44)5)50(46(58)62-7)28-34-25-33(9-2)29-55(30-34)22-18-36-35-16-12-13-17-39(35)53-42(36)50;1-6-8-9-17-38-27(35)31-19-30(36)25-29(22-12-11-21(37-5)18-23(22)32(25)4)14-16-33-15-10-13-28(7-2,24(29)33)26(30)39-20(3)34;;4*1-2;/h12-13,15-17,19,25-27,34,43-45,53,60H,8-11,14,18,20-24,28-31H2,1-7H3,(H,52,59);10-13,18,24-26,36H,6-9,14-17,19H2,1-5H3,(H,31,35);1H4;;;;;1H/t34-,43-,44+,45+,48+,49+,50-,51-;24-,25+,26+,28+,29+,30-;;;;;;/m00....../s1. The van der Waals surface area contributed by atoms with Gasteiger partial charge < -0.3 is 68.8 Å². The van der Waals surface area contributed by atoms with Crippen LogP contribution in [0.15, 0.2) is 90.6 Å². The summed E-state index contributed by atoms with van der Waals surface area (Å²) in [5.41, 5.74) is 1.51. The molecule has 10 aliphatic rings. The lowest BCUT2D eigenvalue weighted by Crippen LogP contribution is -2.81. The van der Waals surface area contributed by atoms with E-state index in [4.69, 9.17) is 69.8 Å². The summed E-state index contributed by atoms with van der Waals surface area (Å²) in [5, 5.41) is 33.7. The number of aromatic amines is 1. The second-order valence-electron chi connectivity index (χ2n) is 31.0. The van der Waals surface area contributed by atoms with E-state index < -0.39 is 86.7 Å². The highest BCUT2D eigenvalue weighted by molar-refractivity contribution is 5.94. The molecule has 31 heteroatoms. The molecule has 8 aliphatic heterocycles. The molecule has 2 aliphatic carbocycles. The number of para-hydroxylation sites is 1. The zero-order chi connectivity index (χ0) is 81.2. The van der Waals surface area contributed by atoms with Gasteiger partial charge in [0, 0.05) is 177 Å². The number of hydrogen-bond donors (Lipinski definition) is 5. The van der Waals surface area contributed by atoms with Crippen molar-refractivity contribution in [2.75, 3.05) is 117 Å². The summed E-state index contributed by atoms with van der Waals surface area (Å²) in [6, 6.07) is 17.4. The first kappa shape index (κ1) is 91.9. The molecule has 2 amide bonds. The van der Waals surface area contributed by atoms with Crippen molar-refractivity contribution in [3.05, 3.63) is 118 Å². The monoisotopic (exact) mass is 1610 g/mol. The predicted octanol–water partition coefficient (Wildman–Crippen LogP) is 14.1. The van der Waals surface area contributed by atoms with Gasteiger partial charge in [0.05, 0.1) is 59.7 Å². The Hall–Kier alpha value is -8.26. The molecular formula is C82H115F9N8O14. The Morgan fingerprint density at radius 3 is 1.62 bits per heavy atom. The second-order valence-corrected chi connectivity index (χ2v) is 31.0. The third-order valence-corrected chi connectivity index (χ3v) is 25.9. The van der Waals surface area contributed by atoms with Crippen LogP contribution in [0.1, 0.15) is 161 Å². The highest BCUT2D eigenvalue weighted by Crippen LogP contribution is 2.70. The number of fused-ring (bicyclic) bond motifs is 7. The van der Waals surface area contributed by atoms with Crippen molar-refractivity contribution in [1.82, 2.24) is 30.3 Å². The van der Waals surface area contributed by atoms with Crippen LogP contribution < -0.4 is 29.9 Å². The number of nitrogens with zero attached hydrogens (tertiary/aromatic N) is 5.